The van der Waals surface area contributed by atoms with E-state index in [-0.39, 0.29) is 22.2 Å². The van der Waals surface area contributed by atoms with Crippen molar-refractivity contribution < 1.29 is 19.4 Å². The van der Waals surface area contributed by atoms with E-state index in [2.05, 4.69) is 9.72 Å². The van der Waals surface area contributed by atoms with Gasteiger partial charge in [0.05, 0.1) is 18.2 Å². The van der Waals surface area contributed by atoms with Crippen LogP contribution in [0, 0.1) is 0 Å². The molecule has 3 heterocycles. The Morgan fingerprint density at radius 3 is 2.81 bits per heavy atom. The third-order valence-electron chi connectivity index (χ3n) is 5.69. The molecular weight excluding hydrogens is 402 g/mol. The van der Waals surface area contributed by atoms with Crippen LogP contribution in [-0.2, 0) is 22.5 Å². The van der Waals surface area contributed by atoms with E-state index in [1.807, 2.05) is 18.2 Å². The van der Waals surface area contributed by atoms with Crippen LogP contribution in [0.4, 0.5) is 0 Å². The van der Waals surface area contributed by atoms with Crippen molar-refractivity contribution in [3.8, 4) is 5.75 Å². The molecule has 2 aromatic heterocycles. The number of nitrogens with one attached hydrogen (secondary N) is 1. The van der Waals surface area contributed by atoms with Crippen molar-refractivity contribution in [1.82, 2.24) is 9.55 Å². The zero-order valence-electron chi connectivity index (χ0n) is 16.8. The number of benzene rings is 1. The van der Waals surface area contributed by atoms with Gasteiger partial charge >= 0.3 is 5.97 Å². The lowest BCUT2D eigenvalue weighted by Gasteiger charge is -2.23. The van der Waals surface area contributed by atoms with Crippen molar-refractivity contribution in [2.75, 3.05) is 7.11 Å². The van der Waals surface area contributed by atoms with Crippen molar-refractivity contribution in [1.29, 1.82) is 0 Å². The summed E-state index contributed by atoms with van der Waals surface area (Å²) in [7, 11) is 1.13. The summed E-state index contributed by atoms with van der Waals surface area (Å²) in [6, 6.07) is 7.32. The van der Waals surface area contributed by atoms with Crippen LogP contribution in [0.15, 0.2) is 40.1 Å². The Morgan fingerprint density at radius 2 is 2.10 bits per heavy atom. The second kappa shape index (κ2) is 7.75. The lowest BCUT2D eigenvalue weighted by molar-refractivity contribution is -0.118. The van der Waals surface area contributed by atoms with Crippen molar-refractivity contribution in [3.05, 3.63) is 73.4 Å². The van der Waals surface area contributed by atoms with Crippen molar-refractivity contribution >= 4 is 22.8 Å². The number of aromatic nitrogens is 2. The van der Waals surface area contributed by atoms with E-state index in [1.165, 1.54) is 0 Å². The van der Waals surface area contributed by atoms with E-state index in [0.29, 0.717) is 6.54 Å². The summed E-state index contributed by atoms with van der Waals surface area (Å²) >= 11 is 0. The summed E-state index contributed by atoms with van der Waals surface area (Å²) in [4.78, 5) is 52.3. The first-order chi connectivity index (χ1) is 14.8. The van der Waals surface area contributed by atoms with Crippen LogP contribution in [0.1, 0.15) is 45.8 Å². The summed E-state index contributed by atoms with van der Waals surface area (Å²) in [6.07, 6.45) is 2.25. The van der Waals surface area contributed by atoms with E-state index in [4.69, 9.17) is 5.73 Å². The Labute approximate surface area is 176 Å². The molecule has 1 atom stereocenters. The molecule has 0 bridgehead atoms. The Balaban J connectivity index is 2.03. The second-order valence-corrected chi connectivity index (χ2v) is 7.52. The molecule has 1 aliphatic heterocycles. The quantitative estimate of drug-likeness (QED) is 0.525. The molecule has 0 unspecified atom stereocenters. The lowest BCUT2D eigenvalue weighted by Crippen LogP contribution is -2.32. The Hall–Kier alpha value is -3.88. The van der Waals surface area contributed by atoms with Crippen molar-refractivity contribution in [2.45, 2.75) is 31.7 Å². The standard InChI is InChI=1S/C22H21N3O6/c1-31-22(30)15-10-24-20(28)17(19(15)27)13(9-16(23)26)14-8-12-5-2-4-11-6-3-7-25(18(11)12)21(14)29/h2,4-5,8,10,13H,3,6-7,9H2,1H3,(H2,23,26)(H2,24,27,28)/t13-/m0/s1. The van der Waals surface area contributed by atoms with Crippen LogP contribution >= 0.6 is 0 Å². The minimum atomic E-state index is -1.14. The number of methoxy groups -OCH3 is 1. The number of hydrogen-bond acceptors (Lipinski definition) is 6. The summed E-state index contributed by atoms with van der Waals surface area (Å²) < 4.78 is 6.27. The minimum Gasteiger partial charge on any atom is -0.506 e. The normalized spacial score (nSPS) is 13.7. The summed E-state index contributed by atoms with van der Waals surface area (Å²) in [5, 5.41) is 11.5. The molecule has 0 radical (unpaired) electrons. The van der Waals surface area contributed by atoms with Gasteiger partial charge in [0.2, 0.25) is 5.91 Å². The van der Waals surface area contributed by atoms with Crippen LogP contribution in [-0.4, -0.2) is 33.6 Å². The van der Waals surface area contributed by atoms with Crippen LogP contribution in [0.3, 0.4) is 0 Å². The molecule has 9 heteroatoms. The maximum Gasteiger partial charge on any atom is 0.343 e. The third kappa shape index (κ3) is 3.37. The van der Waals surface area contributed by atoms with E-state index < -0.39 is 35.5 Å². The van der Waals surface area contributed by atoms with Gasteiger partial charge in [-0.1, -0.05) is 18.2 Å². The van der Waals surface area contributed by atoms with Gasteiger partial charge in [0.1, 0.15) is 11.3 Å². The van der Waals surface area contributed by atoms with Crippen LogP contribution in [0.5, 0.6) is 5.75 Å². The molecule has 0 spiro atoms. The number of pyridine rings is 2. The number of amides is 1. The van der Waals surface area contributed by atoms with Crippen LogP contribution in [0.25, 0.3) is 10.9 Å². The molecule has 4 rings (SSSR count). The smallest absolute Gasteiger partial charge is 0.343 e. The number of H-pyrrole nitrogens is 1. The van der Waals surface area contributed by atoms with E-state index >= 15 is 0 Å². The number of para-hydroxylation sites is 1. The first kappa shape index (κ1) is 20.4. The number of esters is 1. The predicted molar refractivity (Wildman–Crippen MR) is 112 cm³/mol. The van der Waals surface area contributed by atoms with Crippen molar-refractivity contribution in [2.24, 2.45) is 5.73 Å². The molecule has 1 aromatic carbocycles. The highest BCUT2D eigenvalue weighted by atomic mass is 16.5. The van der Waals surface area contributed by atoms with E-state index in [1.54, 1.807) is 10.6 Å². The average Bonchev–Trinajstić information content (AvgIpc) is 2.75. The van der Waals surface area contributed by atoms with Gasteiger partial charge in [0, 0.05) is 30.6 Å². The van der Waals surface area contributed by atoms with Crippen LogP contribution in [0.2, 0.25) is 0 Å². The molecule has 160 valence electrons. The van der Waals surface area contributed by atoms with Gasteiger partial charge in [-0.25, -0.2) is 4.79 Å². The number of primary amides is 1. The molecule has 0 saturated carbocycles. The molecule has 1 amide bonds. The molecule has 0 aliphatic carbocycles. The number of aryl methyl sites for hydroxylation is 2. The summed E-state index contributed by atoms with van der Waals surface area (Å²) in [5.74, 6) is -3.42. The second-order valence-electron chi connectivity index (χ2n) is 7.52. The van der Waals surface area contributed by atoms with Gasteiger partial charge in [-0.15, -0.1) is 0 Å². The number of aromatic amines is 1. The summed E-state index contributed by atoms with van der Waals surface area (Å²) in [5.41, 5.74) is 5.78. The maximum absolute atomic E-state index is 13.4. The highest BCUT2D eigenvalue weighted by Gasteiger charge is 2.30. The topological polar surface area (TPSA) is 144 Å². The third-order valence-corrected chi connectivity index (χ3v) is 5.69. The average molecular weight is 423 g/mol. The Morgan fingerprint density at radius 1 is 1.32 bits per heavy atom. The Kier molecular flexibility index (Phi) is 5.10. The number of carbonyl (C=O) groups excluding carboxylic acids is 2. The predicted octanol–water partition coefficient (Wildman–Crippen LogP) is 1.14. The fraction of sp³-hybridized carbons (Fsp3) is 0.273. The molecule has 9 nitrogen and oxygen atoms in total. The Bertz CT molecular complexity index is 1340. The van der Waals surface area contributed by atoms with Gasteiger partial charge in [-0.3, -0.25) is 14.4 Å². The monoisotopic (exact) mass is 423 g/mol. The van der Waals surface area contributed by atoms with Gasteiger partial charge in [0.25, 0.3) is 11.1 Å². The number of hydrogen-bond donors (Lipinski definition) is 3. The van der Waals surface area contributed by atoms with Gasteiger partial charge < -0.3 is 25.1 Å². The fourth-order valence-electron chi connectivity index (χ4n) is 4.33. The molecule has 31 heavy (non-hydrogen) atoms. The molecule has 0 fully saturated rings. The number of nitrogens with two attached hydrogens (primary N) is 1. The number of rotatable bonds is 5. The van der Waals surface area contributed by atoms with Crippen molar-refractivity contribution in [3.63, 3.8) is 0 Å². The minimum absolute atomic E-state index is 0.146. The lowest BCUT2D eigenvalue weighted by atomic mass is 9.87. The van der Waals surface area contributed by atoms with Gasteiger partial charge in [-0.2, -0.15) is 0 Å². The first-order valence-electron chi connectivity index (χ1n) is 9.80. The van der Waals surface area contributed by atoms with Gasteiger partial charge in [0.15, 0.2) is 0 Å². The molecule has 3 aromatic rings. The molecule has 1 aliphatic rings. The number of aromatic hydroxyl groups is 1. The first-order valence-corrected chi connectivity index (χ1v) is 9.80. The number of nitrogens with zero attached hydrogens (tertiary/aromatic N) is 1. The number of carbonyl (C=O) groups is 2. The number of ether oxygens (including phenoxy) is 1. The highest BCUT2D eigenvalue weighted by Crippen LogP contribution is 2.34. The van der Waals surface area contributed by atoms with Gasteiger partial charge in [-0.05, 0) is 29.9 Å². The zero-order chi connectivity index (χ0) is 22.3. The molecule has 4 N–H and O–H groups in total. The highest BCUT2D eigenvalue weighted by molar-refractivity contribution is 5.92. The van der Waals surface area contributed by atoms with E-state index in [9.17, 15) is 24.3 Å². The van der Waals surface area contributed by atoms with Crippen LogP contribution < -0.4 is 16.9 Å². The fourth-order valence-corrected chi connectivity index (χ4v) is 4.33. The largest absolute Gasteiger partial charge is 0.506 e. The summed E-state index contributed by atoms with van der Waals surface area (Å²) in [6.45, 7) is 0.494. The molecular formula is C22H21N3O6. The molecule has 0 saturated heterocycles. The zero-order valence-corrected chi connectivity index (χ0v) is 16.8. The maximum atomic E-state index is 13.4. The SMILES string of the molecule is COC(=O)c1c[nH]c(=O)c([C@@H](CC(N)=O)c2cc3cccc4c3n(c2=O)CCC4)c1O. The van der Waals surface area contributed by atoms with E-state index in [0.717, 1.165) is 42.6 Å².